The van der Waals surface area contributed by atoms with Crippen LogP contribution in [0.15, 0.2) is 24.4 Å². The summed E-state index contributed by atoms with van der Waals surface area (Å²) in [5, 5.41) is 0.695. The quantitative estimate of drug-likeness (QED) is 0.596. The summed E-state index contributed by atoms with van der Waals surface area (Å²) in [7, 11) is 0. The SMILES string of the molecule is O=Cc1cc(F)cnc1-c1cc(Cl)c(Cl)c(Cl)c1. The molecular weight excluding hydrogens is 299 g/mol. The summed E-state index contributed by atoms with van der Waals surface area (Å²) in [6.45, 7) is 0. The molecule has 0 amide bonds. The van der Waals surface area contributed by atoms with Crippen LogP contribution in [0.3, 0.4) is 0 Å². The second-order valence-electron chi connectivity index (χ2n) is 3.46. The van der Waals surface area contributed by atoms with Crippen LogP contribution in [0.1, 0.15) is 10.4 Å². The molecule has 0 spiro atoms. The van der Waals surface area contributed by atoms with Crippen molar-refractivity contribution in [3.8, 4) is 11.3 Å². The Balaban J connectivity index is 2.65. The molecule has 2 rings (SSSR count). The van der Waals surface area contributed by atoms with Crippen LogP contribution in [0.25, 0.3) is 11.3 Å². The van der Waals surface area contributed by atoms with Gasteiger partial charge in [0.15, 0.2) is 6.29 Å². The highest BCUT2D eigenvalue weighted by molar-refractivity contribution is 6.48. The van der Waals surface area contributed by atoms with Gasteiger partial charge in [-0.3, -0.25) is 9.78 Å². The number of carbonyl (C=O) groups is 1. The number of nitrogens with zero attached hydrogens (tertiary/aromatic N) is 1. The van der Waals surface area contributed by atoms with Crippen molar-refractivity contribution in [2.75, 3.05) is 0 Å². The van der Waals surface area contributed by atoms with E-state index in [0.717, 1.165) is 12.3 Å². The second-order valence-corrected chi connectivity index (χ2v) is 4.66. The first-order valence-corrected chi connectivity index (χ1v) is 5.92. The number of hydrogen-bond acceptors (Lipinski definition) is 2. The zero-order chi connectivity index (χ0) is 13.3. The van der Waals surface area contributed by atoms with Gasteiger partial charge in [0.2, 0.25) is 0 Å². The summed E-state index contributed by atoms with van der Waals surface area (Å²) in [6, 6.07) is 4.12. The Kier molecular flexibility index (Phi) is 3.85. The summed E-state index contributed by atoms with van der Waals surface area (Å²) in [5.74, 6) is -0.591. The minimum atomic E-state index is -0.591. The van der Waals surface area contributed by atoms with Crippen LogP contribution < -0.4 is 0 Å². The van der Waals surface area contributed by atoms with Gasteiger partial charge in [-0.1, -0.05) is 34.8 Å². The van der Waals surface area contributed by atoms with Gasteiger partial charge in [-0.15, -0.1) is 0 Å². The summed E-state index contributed by atoms with van der Waals surface area (Å²) >= 11 is 17.6. The molecule has 0 N–H and O–H groups in total. The van der Waals surface area contributed by atoms with Crippen LogP contribution in [0.4, 0.5) is 4.39 Å². The first-order chi connectivity index (χ1) is 8.52. The molecule has 2 nitrogen and oxygen atoms in total. The maximum absolute atomic E-state index is 13.0. The van der Waals surface area contributed by atoms with E-state index in [1.165, 1.54) is 12.1 Å². The number of aldehydes is 1. The van der Waals surface area contributed by atoms with Gasteiger partial charge in [-0.2, -0.15) is 0 Å². The van der Waals surface area contributed by atoms with Crippen molar-refractivity contribution in [1.29, 1.82) is 0 Å². The fraction of sp³-hybridized carbons (Fsp3) is 0. The molecule has 6 heteroatoms. The molecule has 0 atom stereocenters. The molecule has 18 heavy (non-hydrogen) atoms. The van der Waals surface area contributed by atoms with E-state index >= 15 is 0 Å². The number of carbonyl (C=O) groups excluding carboxylic acids is 1. The van der Waals surface area contributed by atoms with Crippen LogP contribution in [-0.4, -0.2) is 11.3 Å². The highest BCUT2D eigenvalue weighted by Gasteiger charge is 2.12. The molecular formula is C12H5Cl3FNO. The van der Waals surface area contributed by atoms with Crippen molar-refractivity contribution in [2.24, 2.45) is 0 Å². The van der Waals surface area contributed by atoms with Gasteiger partial charge in [0.05, 0.1) is 27.0 Å². The van der Waals surface area contributed by atoms with Crippen molar-refractivity contribution in [3.05, 3.63) is 50.8 Å². The third-order valence-corrected chi connectivity index (χ3v) is 3.46. The molecule has 0 saturated heterocycles. The molecule has 0 fully saturated rings. The smallest absolute Gasteiger partial charge is 0.152 e. The number of halogens is 4. The minimum absolute atomic E-state index is 0.115. The summed E-state index contributed by atoms with van der Waals surface area (Å²) in [6.07, 6.45) is 1.53. The molecule has 1 aromatic heterocycles. The van der Waals surface area contributed by atoms with Crippen LogP contribution in [0.2, 0.25) is 15.1 Å². The molecule has 92 valence electrons. The van der Waals surface area contributed by atoms with Gasteiger partial charge in [0.25, 0.3) is 0 Å². The fourth-order valence-corrected chi connectivity index (χ4v) is 2.07. The fourth-order valence-electron chi connectivity index (χ4n) is 1.48. The normalized spacial score (nSPS) is 10.4. The predicted molar refractivity (Wildman–Crippen MR) is 70.0 cm³/mol. The molecule has 1 aromatic carbocycles. The largest absolute Gasteiger partial charge is 0.298 e. The van der Waals surface area contributed by atoms with E-state index in [0.29, 0.717) is 17.5 Å². The van der Waals surface area contributed by atoms with Gasteiger partial charge in [0.1, 0.15) is 5.82 Å². The maximum atomic E-state index is 13.0. The standard InChI is InChI=1S/C12H5Cl3FNO/c13-9-2-6(3-10(14)11(9)15)12-7(5-18)1-8(16)4-17-12/h1-5H. The molecule has 0 aliphatic carbocycles. The van der Waals surface area contributed by atoms with E-state index < -0.39 is 5.82 Å². The lowest BCUT2D eigenvalue weighted by Gasteiger charge is -2.07. The summed E-state index contributed by atoms with van der Waals surface area (Å²) < 4.78 is 13.0. The van der Waals surface area contributed by atoms with Gasteiger partial charge < -0.3 is 0 Å². The Labute approximate surface area is 117 Å². The zero-order valence-corrected chi connectivity index (χ0v) is 11.0. The number of aromatic nitrogens is 1. The van der Waals surface area contributed by atoms with Crippen LogP contribution in [0, 0.1) is 5.82 Å². The number of rotatable bonds is 2. The Morgan fingerprint density at radius 2 is 1.72 bits per heavy atom. The molecule has 0 unspecified atom stereocenters. The van der Waals surface area contributed by atoms with Gasteiger partial charge in [0, 0.05) is 11.1 Å². The Morgan fingerprint density at radius 3 is 2.28 bits per heavy atom. The molecule has 1 heterocycles. The maximum Gasteiger partial charge on any atom is 0.152 e. The number of pyridine rings is 1. The lowest BCUT2D eigenvalue weighted by Crippen LogP contribution is -1.94. The summed E-state index contributed by atoms with van der Waals surface area (Å²) in [5.41, 5.74) is 0.910. The minimum Gasteiger partial charge on any atom is -0.298 e. The first-order valence-electron chi connectivity index (χ1n) is 4.78. The number of hydrogen-bond donors (Lipinski definition) is 0. The van der Waals surface area contributed by atoms with E-state index in [4.69, 9.17) is 34.8 Å². The lowest BCUT2D eigenvalue weighted by atomic mass is 10.1. The second kappa shape index (κ2) is 5.22. The van der Waals surface area contributed by atoms with Gasteiger partial charge in [-0.25, -0.2) is 4.39 Å². The molecule has 0 radical (unpaired) electrons. The third kappa shape index (κ3) is 2.48. The van der Waals surface area contributed by atoms with Crippen LogP contribution >= 0.6 is 34.8 Å². The molecule has 2 aromatic rings. The summed E-state index contributed by atoms with van der Waals surface area (Å²) in [4.78, 5) is 14.8. The third-order valence-electron chi connectivity index (χ3n) is 2.27. The Bertz CT molecular complexity index is 608. The number of benzene rings is 1. The van der Waals surface area contributed by atoms with Crippen molar-refractivity contribution < 1.29 is 9.18 Å². The average molecular weight is 305 g/mol. The average Bonchev–Trinajstić information content (AvgIpc) is 2.35. The van der Waals surface area contributed by atoms with Crippen molar-refractivity contribution in [2.45, 2.75) is 0 Å². The molecule has 0 aliphatic rings. The van der Waals surface area contributed by atoms with Gasteiger partial charge in [-0.05, 0) is 18.2 Å². The van der Waals surface area contributed by atoms with E-state index in [9.17, 15) is 9.18 Å². The van der Waals surface area contributed by atoms with Gasteiger partial charge >= 0.3 is 0 Å². The first kappa shape index (κ1) is 13.3. The lowest BCUT2D eigenvalue weighted by molar-refractivity contribution is 0.112. The highest BCUT2D eigenvalue weighted by Crippen LogP contribution is 2.35. The topological polar surface area (TPSA) is 30.0 Å². The van der Waals surface area contributed by atoms with Crippen molar-refractivity contribution in [3.63, 3.8) is 0 Å². The molecule has 0 saturated carbocycles. The zero-order valence-electron chi connectivity index (χ0n) is 8.75. The van der Waals surface area contributed by atoms with Crippen molar-refractivity contribution >= 4 is 41.1 Å². The van der Waals surface area contributed by atoms with E-state index in [1.54, 1.807) is 0 Å². The van der Waals surface area contributed by atoms with E-state index in [2.05, 4.69) is 4.98 Å². The van der Waals surface area contributed by atoms with Crippen molar-refractivity contribution in [1.82, 2.24) is 4.98 Å². The van der Waals surface area contributed by atoms with Crippen LogP contribution in [-0.2, 0) is 0 Å². The monoisotopic (exact) mass is 303 g/mol. The highest BCUT2D eigenvalue weighted by atomic mass is 35.5. The molecule has 0 aliphatic heterocycles. The van der Waals surface area contributed by atoms with E-state index in [-0.39, 0.29) is 20.6 Å². The predicted octanol–water partition coefficient (Wildman–Crippen LogP) is 4.66. The Morgan fingerprint density at radius 1 is 1.11 bits per heavy atom. The Hall–Kier alpha value is -1.16. The van der Waals surface area contributed by atoms with E-state index in [1.807, 2.05) is 0 Å². The molecule has 0 bridgehead atoms. The van der Waals surface area contributed by atoms with Crippen LogP contribution in [0.5, 0.6) is 0 Å².